The molecule has 266 valence electrons. The van der Waals surface area contributed by atoms with Crippen LogP contribution in [-0.2, 0) is 0 Å². The monoisotopic (exact) mass is 789 g/mol. The van der Waals surface area contributed by atoms with Crippen molar-refractivity contribution in [1.82, 2.24) is 14.5 Å². The Labute approximate surface area is 331 Å². The fourth-order valence-corrected chi connectivity index (χ4v) is 20.5. The number of fused-ring (bicyclic) bond motifs is 9. The molecule has 8 aromatic carbocycles. The number of hydrogen-bond acceptors (Lipinski definition) is 3. The van der Waals surface area contributed by atoms with Crippen molar-refractivity contribution < 1.29 is 4.42 Å². The minimum absolute atomic E-state index is 0.737. The summed E-state index contributed by atoms with van der Waals surface area (Å²) in [5.74, 6) is 0.737. The number of nitrogens with zero attached hydrogens (tertiary/aromatic N) is 3. The van der Waals surface area contributed by atoms with Crippen LogP contribution in [-0.4, -0.2) is 27.8 Å². The van der Waals surface area contributed by atoms with Gasteiger partial charge in [0.05, 0.1) is 0 Å². The molecule has 0 atom stereocenters. The summed E-state index contributed by atoms with van der Waals surface area (Å²) in [5, 5.41) is 4.61. The SMILES string of the molecule is c1ccc(-c2nc(-c3ccccc3)[c]3c(n2)-c2ccc(-n4c5ccccc5c5cc6oc7ccccc7c6cc54)c[c]2[Ge]3([c]2ccccc2)[c]2ccccc2)cc1. The predicted molar refractivity (Wildman–Crippen MR) is 237 cm³/mol. The van der Waals surface area contributed by atoms with Gasteiger partial charge in [-0.1, -0.05) is 0 Å². The van der Waals surface area contributed by atoms with E-state index >= 15 is 0 Å². The summed E-state index contributed by atoms with van der Waals surface area (Å²) < 4.78 is 14.2. The summed E-state index contributed by atoms with van der Waals surface area (Å²) in [6.45, 7) is 0. The molecule has 0 unspecified atom stereocenters. The molecule has 11 aromatic rings. The van der Waals surface area contributed by atoms with Crippen molar-refractivity contribution in [3.8, 4) is 39.6 Å². The van der Waals surface area contributed by atoms with Crippen molar-refractivity contribution in [3.63, 3.8) is 0 Å². The molecule has 0 saturated heterocycles. The number of para-hydroxylation sites is 2. The summed E-state index contributed by atoms with van der Waals surface area (Å²) >= 11 is -3.90. The van der Waals surface area contributed by atoms with E-state index in [4.69, 9.17) is 14.4 Å². The second kappa shape index (κ2) is 12.5. The maximum atomic E-state index is 6.42. The van der Waals surface area contributed by atoms with Gasteiger partial charge in [0.25, 0.3) is 0 Å². The van der Waals surface area contributed by atoms with Crippen molar-refractivity contribution in [2.45, 2.75) is 0 Å². The van der Waals surface area contributed by atoms with Crippen LogP contribution >= 0.6 is 0 Å². The van der Waals surface area contributed by atoms with Crippen LogP contribution in [0.5, 0.6) is 0 Å². The third-order valence-corrected chi connectivity index (χ3v) is 22.0. The molecular formula is C52H33GeN3O. The first-order valence-electron chi connectivity index (χ1n) is 19.4. The topological polar surface area (TPSA) is 43.9 Å². The van der Waals surface area contributed by atoms with Crippen LogP contribution in [0, 0.1) is 0 Å². The van der Waals surface area contributed by atoms with Gasteiger partial charge in [0.15, 0.2) is 0 Å². The van der Waals surface area contributed by atoms with Gasteiger partial charge >= 0.3 is 333 Å². The molecule has 0 radical (unpaired) electrons. The van der Waals surface area contributed by atoms with Crippen molar-refractivity contribution in [2.24, 2.45) is 0 Å². The molecule has 1 aliphatic heterocycles. The zero-order valence-corrected chi connectivity index (χ0v) is 32.9. The molecule has 12 rings (SSSR count). The molecule has 5 heteroatoms. The quantitative estimate of drug-likeness (QED) is 0.163. The zero-order valence-electron chi connectivity index (χ0n) is 30.8. The normalized spacial score (nSPS) is 13.1. The number of hydrogen-bond donors (Lipinski definition) is 0. The van der Waals surface area contributed by atoms with E-state index in [1.807, 2.05) is 12.1 Å². The van der Waals surface area contributed by atoms with Gasteiger partial charge in [-0.05, 0) is 0 Å². The second-order valence-corrected chi connectivity index (χ2v) is 22.6. The molecule has 0 fully saturated rings. The molecule has 1 aliphatic rings. The number of benzene rings is 8. The Bertz CT molecular complexity index is 3300. The van der Waals surface area contributed by atoms with Crippen LogP contribution in [0.4, 0.5) is 0 Å². The van der Waals surface area contributed by atoms with E-state index in [1.54, 1.807) is 0 Å². The van der Waals surface area contributed by atoms with Gasteiger partial charge in [-0.2, -0.15) is 0 Å². The maximum absolute atomic E-state index is 6.42. The predicted octanol–water partition coefficient (Wildman–Crippen LogP) is 10.2. The van der Waals surface area contributed by atoms with E-state index in [9.17, 15) is 0 Å². The van der Waals surface area contributed by atoms with Gasteiger partial charge in [0.2, 0.25) is 0 Å². The van der Waals surface area contributed by atoms with E-state index in [-0.39, 0.29) is 0 Å². The minimum atomic E-state index is -3.90. The van der Waals surface area contributed by atoms with Gasteiger partial charge in [-0.3, -0.25) is 0 Å². The van der Waals surface area contributed by atoms with Crippen molar-refractivity contribution in [2.75, 3.05) is 0 Å². The Morgan fingerprint density at radius 3 is 1.74 bits per heavy atom. The Hall–Kier alpha value is -7.02. The third kappa shape index (κ3) is 4.68. The first kappa shape index (κ1) is 32.2. The molecule has 4 nitrogen and oxygen atoms in total. The summed E-state index contributed by atoms with van der Waals surface area (Å²) in [6, 6.07) is 72.3. The molecular weight excluding hydrogens is 755 g/mol. The summed E-state index contributed by atoms with van der Waals surface area (Å²) in [6.07, 6.45) is 0. The van der Waals surface area contributed by atoms with Crippen LogP contribution in [0.2, 0.25) is 0 Å². The third-order valence-electron chi connectivity index (χ3n) is 11.9. The number of furan rings is 1. The van der Waals surface area contributed by atoms with Gasteiger partial charge < -0.3 is 0 Å². The summed E-state index contributed by atoms with van der Waals surface area (Å²) in [5.41, 5.74) is 10.6. The van der Waals surface area contributed by atoms with E-state index in [0.29, 0.717) is 0 Å². The molecule has 57 heavy (non-hydrogen) atoms. The van der Waals surface area contributed by atoms with E-state index in [0.717, 1.165) is 67.0 Å². The molecule has 0 amide bonds. The molecule has 0 spiro atoms. The Balaban J connectivity index is 1.22. The first-order valence-corrected chi connectivity index (χ1v) is 23.6. The Morgan fingerprint density at radius 2 is 1.02 bits per heavy atom. The molecule has 0 bridgehead atoms. The zero-order chi connectivity index (χ0) is 37.5. The van der Waals surface area contributed by atoms with Gasteiger partial charge in [-0.25, -0.2) is 0 Å². The van der Waals surface area contributed by atoms with E-state index in [1.165, 1.54) is 33.9 Å². The molecule has 0 N–H and O–H groups in total. The van der Waals surface area contributed by atoms with E-state index < -0.39 is 13.3 Å². The van der Waals surface area contributed by atoms with Crippen molar-refractivity contribution in [3.05, 3.63) is 200 Å². The molecule has 0 aliphatic carbocycles. The van der Waals surface area contributed by atoms with Gasteiger partial charge in [0, 0.05) is 0 Å². The van der Waals surface area contributed by atoms with Crippen LogP contribution < -0.4 is 17.6 Å². The standard InChI is InChI=1S/C52H33GeN3O/c1-5-17-34(18-6-1)50-49-51(55-52(54-50)35-19-7-2-8-20-35)41-30-29-38(31-44(41)53(49,36-21-9-3-10-22-36)37-23-11-4-12-24-37)56-45-27-15-13-25-39(45)42-33-48-43(32-46(42)56)40-26-14-16-28-47(40)57-48/h1-33H. The molecule has 3 aromatic heterocycles. The van der Waals surface area contributed by atoms with E-state index in [2.05, 4.69) is 193 Å². The van der Waals surface area contributed by atoms with Gasteiger partial charge in [0.1, 0.15) is 0 Å². The number of aromatic nitrogens is 3. The average Bonchev–Trinajstić information content (AvgIpc) is 3.92. The van der Waals surface area contributed by atoms with Crippen LogP contribution in [0.15, 0.2) is 205 Å². The van der Waals surface area contributed by atoms with Gasteiger partial charge in [-0.15, -0.1) is 0 Å². The Kier molecular flexibility index (Phi) is 7.07. The molecule has 4 heterocycles. The Morgan fingerprint density at radius 1 is 0.421 bits per heavy atom. The molecule has 0 saturated carbocycles. The first-order chi connectivity index (χ1) is 28.3. The summed E-state index contributed by atoms with van der Waals surface area (Å²) in [4.78, 5) is 11.1. The van der Waals surface area contributed by atoms with Crippen molar-refractivity contribution in [1.29, 1.82) is 0 Å². The fraction of sp³-hybridized carbons (Fsp3) is 0. The second-order valence-electron chi connectivity index (χ2n) is 14.9. The summed E-state index contributed by atoms with van der Waals surface area (Å²) in [7, 11) is 0. The van der Waals surface area contributed by atoms with Crippen LogP contribution in [0.1, 0.15) is 0 Å². The average molecular weight is 788 g/mol. The number of rotatable bonds is 5. The fourth-order valence-electron chi connectivity index (χ4n) is 9.46. The van der Waals surface area contributed by atoms with Crippen LogP contribution in [0.3, 0.4) is 0 Å². The van der Waals surface area contributed by atoms with Crippen LogP contribution in [0.25, 0.3) is 83.3 Å². The van der Waals surface area contributed by atoms with Crippen molar-refractivity contribution >= 4 is 74.6 Å².